The summed E-state index contributed by atoms with van der Waals surface area (Å²) in [5.41, 5.74) is 0. The van der Waals surface area contributed by atoms with E-state index in [-0.39, 0.29) is 0 Å². The monoisotopic (exact) mass is 267 g/mol. The second-order valence-electron chi connectivity index (χ2n) is 5.71. The number of hydrogen-bond donors (Lipinski definition) is 0. The van der Waals surface area contributed by atoms with Gasteiger partial charge in [-0.2, -0.15) is 0 Å². The summed E-state index contributed by atoms with van der Waals surface area (Å²) >= 11 is 0. The third-order valence-corrected chi connectivity index (χ3v) is 3.74. The summed E-state index contributed by atoms with van der Waals surface area (Å²) in [5.74, 6) is 0. The lowest BCUT2D eigenvalue weighted by atomic mass is 10.0. The van der Waals surface area contributed by atoms with Gasteiger partial charge in [0.25, 0.3) is 0 Å². The van der Waals surface area contributed by atoms with Crippen LogP contribution in [0.1, 0.15) is 103 Å². The quantitative estimate of drug-likeness (QED) is 0.238. The Morgan fingerprint density at radius 2 is 1.00 bits per heavy atom. The minimum atomic E-state index is 0.757. The first-order valence-corrected chi connectivity index (χ1v) is 8.67. The highest BCUT2D eigenvalue weighted by molar-refractivity contribution is 5.48. The van der Waals surface area contributed by atoms with E-state index < -0.39 is 0 Å². The first kappa shape index (κ1) is 18.7. The minimum Gasteiger partial charge on any atom is -0.303 e. The highest BCUT2D eigenvalue weighted by Gasteiger charge is 1.94. The molecule has 113 valence electrons. The van der Waals surface area contributed by atoms with Crippen LogP contribution in [0.5, 0.6) is 0 Å². The van der Waals surface area contributed by atoms with Crippen LogP contribution < -0.4 is 0 Å². The second kappa shape index (κ2) is 17.7. The van der Waals surface area contributed by atoms with Crippen molar-refractivity contribution in [3.63, 3.8) is 0 Å². The molecule has 0 aliphatic rings. The number of carbonyl (C=O) groups excluding carboxylic acids is 1. The Kier molecular flexibility index (Phi) is 17.4. The third-order valence-electron chi connectivity index (χ3n) is 3.74. The van der Waals surface area contributed by atoms with Gasteiger partial charge in [-0.15, -0.1) is 0 Å². The van der Waals surface area contributed by atoms with Gasteiger partial charge in [0.15, 0.2) is 0 Å². The van der Waals surface area contributed by atoms with Gasteiger partial charge < -0.3 is 4.79 Å². The molecule has 0 amide bonds. The maximum atomic E-state index is 10.1. The lowest BCUT2D eigenvalue weighted by molar-refractivity contribution is -0.107. The molecule has 0 atom stereocenters. The van der Waals surface area contributed by atoms with Crippen molar-refractivity contribution in [2.45, 2.75) is 103 Å². The topological polar surface area (TPSA) is 17.1 Å². The van der Waals surface area contributed by atoms with Gasteiger partial charge in [-0.25, -0.2) is 0 Å². The Morgan fingerprint density at radius 1 is 0.579 bits per heavy atom. The van der Waals surface area contributed by atoms with Gasteiger partial charge >= 0.3 is 0 Å². The first-order valence-electron chi connectivity index (χ1n) is 8.67. The molecule has 0 rings (SSSR count). The van der Waals surface area contributed by atoms with Crippen LogP contribution in [0.15, 0.2) is 0 Å². The summed E-state index contributed by atoms with van der Waals surface area (Å²) < 4.78 is 0. The standard InChI is InChI=1S/C18H35O/c1-2-3-4-5-6-7-8-9-10-11-12-13-14-15-16-17-18-19/h8,18H,2-7,9-17H2,1H3. The van der Waals surface area contributed by atoms with Crippen LogP contribution in [0.2, 0.25) is 0 Å². The molecule has 0 saturated carbocycles. The highest BCUT2D eigenvalue weighted by Crippen LogP contribution is 2.12. The van der Waals surface area contributed by atoms with Crippen molar-refractivity contribution in [3.8, 4) is 0 Å². The summed E-state index contributed by atoms with van der Waals surface area (Å²) in [4.78, 5) is 10.1. The molecule has 0 aromatic heterocycles. The fraction of sp³-hybridized carbons (Fsp3) is 0.889. The lowest BCUT2D eigenvalue weighted by Gasteiger charge is -2.02. The maximum absolute atomic E-state index is 10.1. The van der Waals surface area contributed by atoms with Gasteiger partial charge in [-0.1, -0.05) is 90.4 Å². The van der Waals surface area contributed by atoms with E-state index in [0.717, 1.165) is 19.1 Å². The zero-order valence-corrected chi connectivity index (χ0v) is 13.2. The van der Waals surface area contributed by atoms with Crippen molar-refractivity contribution in [1.82, 2.24) is 0 Å². The molecule has 0 aromatic rings. The highest BCUT2D eigenvalue weighted by atomic mass is 16.1. The average molecular weight is 267 g/mol. The van der Waals surface area contributed by atoms with Crippen LogP contribution in [-0.2, 0) is 4.79 Å². The Hall–Kier alpha value is -0.330. The molecule has 1 radical (unpaired) electrons. The molecule has 0 fully saturated rings. The summed E-state index contributed by atoms with van der Waals surface area (Å²) in [6.45, 7) is 2.27. The SMILES string of the molecule is CCCCCCC[CH]CCCCCCCCCC=O. The van der Waals surface area contributed by atoms with Crippen LogP contribution >= 0.6 is 0 Å². The molecule has 0 aromatic carbocycles. The van der Waals surface area contributed by atoms with E-state index in [1.54, 1.807) is 0 Å². The van der Waals surface area contributed by atoms with Gasteiger partial charge in [-0.3, -0.25) is 0 Å². The fourth-order valence-electron chi connectivity index (χ4n) is 2.44. The summed E-state index contributed by atoms with van der Waals surface area (Å²) in [5, 5.41) is 0. The lowest BCUT2D eigenvalue weighted by Crippen LogP contribution is -1.84. The zero-order chi connectivity index (χ0) is 14.0. The fourth-order valence-corrected chi connectivity index (χ4v) is 2.44. The molecule has 0 spiro atoms. The zero-order valence-electron chi connectivity index (χ0n) is 13.2. The Labute approximate surface area is 121 Å². The summed E-state index contributed by atoms with van der Waals surface area (Å²) in [6.07, 6.45) is 23.1. The van der Waals surface area contributed by atoms with Crippen molar-refractivity contribution in [2.24, 2.45) is 0 Å². The Bertz CT molecular complexity index is 165. The number of aldehydes is 1. The molecule has 1 heteroatoms. The molecule has 19 heavy (non-hydrogen) atoms. The van der Waals surface area contributed by atoms with E-state index in [2.05, 4.69) is 13.3 Å². The smallest absolute Gasteiger partial charge is 0.119 e. The Balaban J connectivity index is 2.89. The van der Waals surface area contributed by atoms with E-state index in [0.29, 0.717) is 0 Å². The normalized spacial score (nSPS) is 10.8. The summed E-state index contributed by atoms with van der Waals surface area (Å²) in [7, 11) is 0. The van der Waals surface area contributed by atoms with Gasteiger partial charge in [-0.05, 0) is 12.8 Å². The number of carbonyl (C=O) groups is 1. The van der Waals surface area contributed by atoms with Crippen molar-refractivity contribution in [2.75, 3.05) is 0 Å². The van der Waals surface area contributed by atoms with Gasteiger partial charge in [0.1, 0.15) is 6.29 Å². The molecule has 0 saturated heterocycles. The van der Waals surface area contributed by atoms with Gasteiger partial charge in [0.2, 0.25) is 0 Å². The molecule has 0 heterocycles. The summed E-state index contributed by atoms with van der Waals surface area (Å²) in [6, 6.07) is 0. The van der Waals surface area contributed by atoms with E-state index in [9.17, 15) is 4.79 Å². The second-order valence-corrected chi connectivity index (χ2v) is 5.71. The molecule has 0 aliphatic carbocycles. The predicted octanol–water partition coefficient (Wildman–Crippen LogP) is 6.26. The van der Waals surface area contributed by atoms with Crippen LogP contribution in [-0.4, -0.2) is 6.29 Å². The van der Waals surface area contributed by atoms with Crippen LogP contribution in [0.4, 0.5) is 0 Å². The van der Waals surface area contributed by atoms with Crippen molar-refractivity contribution < 1.29 is 4.79 Å². The van der Waals surface area contributed by atoms with E-state index in [1.165, 1.54) is 83.5 Å². The molecular weight excluding hydrogens is 232 g/mol. The van der Waals surface area contributed by atoms with Crippen molar-refractivity contribution >= 4 is 6.29 Å². The largest absolute Gasteiger partial charge is 0.303 e. The number of rotatable bonds is 16. The average Bonchev–Trinajstić information content (AvgIpc) is 2.43. The van der Waals surface area contributed by atoms with Gasteiger partial charge in [0, 0.05) is 6.42 Å². The van der Waals surface area contributed by atoms with Crippen molar-refractivity contribution in [3.05, 3.63) is 6.42 Å². The van der Waals surface area contributed by atoms with Gasteiger partial charge in [0.05, 0.1) is 0 Å². The van der Waals surface area contributed by atoms with E-state index in [1.807, 2.05) is 0 Å². The first-order chi connectivity index (χ1) is 9.41. The maximum Gasteiger partial charge on any atom is 0.119 e. The molecule has 0 aliphatic heterocycles. The predicted molar refractivity (Wildman–Crippen MR) is 85.3 cm³/mol. The molecular formula is C18H35O. The van der Waals surface area contributed by atoms with Crippen LogP contribution in [0, 0.1) is 6.42 Å². The third kappa shape index (κ3) is 17.7. The van der Waals surface area contributed by atoms with Crippen LogP contribution in [0.25, 0.3) is 0 Å². The number of unbranched alkanes of at least 4 members (excludes halogenated alkanes) is 15. The Morgan fingerprint density at radius 3 is 1.47 bits per heavy atom. The number of hydrogen-bond acceptors (Lipinski definition) is 1. The molecule has 0 bridgehead atoms. The molecule has 1 nitrogen and oxygen atoms in total. The molecule has 0 N–H and O–H groups in total. The van der Waals surface area contributed by atoms with Crippen LogP contribution in [0.3, 0.4) is 0 Å². The van der Waals surface area contributed by atoms with E-state index in [4.69, 9.17) is 0 Å². The van der Waals surface area contributed by atoms with Crippen molar-refractivity contribution in [1.29, 1.82) is 0 Å². The molecule has 0 unspecified atom stereocenters. The van der Waals surface area contributed by atoms with E-state index >= 15 is 0 Å². The minimum absolute atomic E-state index is 0.757.